The van der Waals surface area contributed by atoms with E-state index >= 15 is 0 Å². The lowest BCUT2D eigenvalue weighted by Crippen LogP contribution is -2.34. The van der Waals surface area contributed by atoms with Crippen molar-refractivity contribution in [2.24, 2.45) is 0 Å². The van der Waals surface area contributed by atoms with Gasteiger partial charge in [-0.3, -0.25) is 4.79 Å². The van der Waals surface area contributed by atoms with E-state index in [4.69, 9.17) is 11.6 Å². The number of halogens is 1. The summed E-state index contributed by atoms with van der Waals surface area (Å²) in [5.41, 5.74) is 6.40. The van der Waals surface area contributed by atoms with Crippen LogP contribution in [0, 0.1) is 6.92 Å². The van der Waals surface area contributed by atoms with E-state index in [1.54, 1.807) is 0 Å². The number of anilines is 1. The van der Waals surface area contributed by atoms with E-state index in [-0.39, 0.29) is 5.91 Å². The SMILES string of the molecule is Cc1cc(C(=O)N2CC=C(c3c[nH]c4c(Cl)cccc34)CC2)ccc1N(C)C. The zero-order valence-corrected chi connectivity index (χ0v) is 17.2. The van der Waals surface area contributed by atoms with E-state index in [2.05, 4.69) is 22.0 Å². The molecule has 28 heavy (non-hydrogen) atoms. The highest BCUT2D eigenvalue weighted by molar-refractivity contribution is 6.35. The van der Waals surface area contributed by atoms with Crippen LogP contribution in [0.25, 0.3) is 16.5 Å². The molecule has 144 valence electrons. The molecule has 2 aromatic carbocycles. The molecule has 4 nitrogen and oxygen atoms in total. The lowest BCUT2D eigenvalue weighted by Gasteiger charge is -2.27. The zero-order valence-electron chi connectivity index (χ0n) is 16.4. The highest BCUT2D eigenvalue weighted by Gasteiger charge is 2.21. The van der Waals surface area contributed by atoms with Gasteiger partial charge in [-0.15, -0.1) is 0 Å². The Balaban J connectivity index is 1.54. The van der Waals surface area contributed by atoms with Gasteiger partial charge in [-0.1, -0.05) is 29.8 Å². The first-order valence-corrected chi connectivity index (χ1v) is 9.86. The Kier molecular flexibility index (Phi) is 4.90. The molecule has 0 saturated heterocycles. The van der Waals surface area contributed by atoms with Gasteiger partial charge in [0.1, 0.15) is 0 Å². The lowest BCUT2D eigenvalue weighted by atomic mass is 9.98. The third-order valence-corrected chi connectivity index (χ3v) is 5.75. The van der Waals surface area contributed by atoms with Gasteiger partial charge in [0.25, 0.3) is 5.91 Å². The summed E-state index contributed by atoms with van der Waals surface area (Å²) in [4.78, 5) is 20.2. The number of carbonyl (C=O) groups is 1. The van der Waals surface area contributed by atoms with Crippen molar-refractivity contribution in [3.05, 3.63) is 70.4 Å². The van der Waals surface area contributed by atoms with Crippen molar-refractivity contribution in [3.8, 4) is 0 Å². The third kappa shape index (κ3) is 3.29. The molecule has 0 spiro atoms. The van der Waals surface area contributed by atoms with Crippen LogP contribution in [-0.2, 0) is 0 Å². The molecule has 1 amide bonds. The molecule has 4 rings (SSSR count). The zero-order chi connectivity index (χ0) is 19.8. The van der Waals surface area contributed by atoms with Crippen molar-refractivity contribution < 1.29 is 4.79 Å². The molecule has 5 heteroatoms. The van der Waals surface area contributed by atoms with Gasteiger partial charge < -0.3 is 14.8 Å². The molecule has 1 aromatic heterocycles. The number of carbonyl (C=O) groups excluding carboxylic acids is 1. The van der Waals surface area contributed by atoms with E-state index in [1.165, 1.54) is 11.1 Å². The smallest absolute Gasteiger partial charge is 0.254 e. The number of amides is 1. The number of rotatable bonds is 3. The maximum absolute atomic E-state index is 12.9. The van der Waals surface area contributed by atoms with Crippen molar-refractivity contribution >= 4 is 39.7 Å². The number of nitrogens with zero attached hydrogens (tertiary/aromatic N) is 2. The topological polar surface area (TPSA) is 39.3 Å². The molecule has 0 radical (unpaired) electrons. The highest BCUT2D eigenvalue weighted by Crippen LogP contribution is 2.32. The standard InChI is InChI=1S/C23H24ClN3O/c1-15-13-17(7-8-21(15)26(2)3)23(28)27-11-9-16(10-12-27)19-14-25-22-18(19)5-4-6-20(22)24/h4-9,13-14,25H,10-12H2,1-3H3. The van der Waals surface area contributed by atoms with Gasteiger partial charge in [-0.2, -0.15) is 0 Å². The van der Waals surface area contributed by atoms with Crippen molar-refractivity contribution in [2.75, 3.05) is 32.1 Å². The van der Waals surface area contributed by atoms with Gasteiger partial charge >= 0.3 is 0 Å². The monoisotopic (exact) mass is 393 g/mol. The van der Waals surface area contributed by atoms with Gasteiger partial charge in [-0.25, -0.2) is 0 Å². The summed E-state index contributed by atoms with van der Waals surface area (Å²) < 4.78 is 0. The average Bonchev–Trinajstić information content (AvgIpc) is 3.12. The fraction of sp³-hybridized carbons (Fsp3) is 0.261. The van der Waals surface area contributed by atoms with Crippen molar-refractivity contribution in [3.63, 3.8) is 0 Å². The van der Waals surface area contributed by atoms with Crippen LogP contribution in [0.15, 0.2) is 48.7 Å². The molecule has 1 N–H and O–H groups in total. The Labute approximate surface area is 170 Å². The number of aromatic nitrogens is 1. The first-order valence-electron chi connectivity index (χ1n) is 9.48. The predicted octanol–water partition coefficient (Wildman–Crippen LogP) is 5.13. The average molecular weight is 394 g/mol. The van der Waals surface area contributed by atoms with Crippen LogP contribution in [-0.4, -0.2) is 43.0 Å². The van der Waals surface area contributed by atoms with Crippen LogP contribution in [0.4, 0.5) is 5.69 Å². The fourth-order valence-electron chi connectivity index (χ4n) is 3.95. The first-order chi connectivity index (χ1) is 13.5. The molecule has 0 atom stereocenters. The summed E-state index contributed by atoms with van der Waals surface area (Å²) in [5.74, 6) is 0.0886. The van der Waals surface area contributed by atoms with Crippen molar-refractivity contribution in [1.82, 2.24) is 9.88 Å². The van der Waals surface area contributed by atoms with Crippen LogP contribution in [0.2, 0.25) is 5.02 Å². The van der Waals surface area contributed by atoms with E-state index in [1.807, 2.05) is 62.4 Å². The van der Waals surface area contributed by atoms with Crippen LogP contribution in [0.3, 0.4) is 0 Å². The number of para-hydroxylation sites is 1. The second-order valence-corrected chi connectivity index (χ2v) is 7.90. The second-order valence-electron chi connectivity index (χ2n) is 7.49. The van der Waals surface area contributed by atoms with Gasteiger partial charge in [0, 0.05) is 55.6 Å². The Bertz CT molecular complexity index is 1080. The largest absolute Gasteiger partial charge is 0.377 e. The minimum Gasteiger partial charge on any atom is -0.377 e. The van der Waals surface area contributed by atoms with Gasteiger partial charge in [0.15, 0.2) is 0 Å². The number of nitrogens with one attached hydrogen (secondary N) is 1. The van der Waals surface area contributed by atoms with Crippen LogP contribution in [0.5, 0.6) is 0 Å². The van der Waals surface area contributed by atoms with E-state index in [0.717, 1.165) is 39.2 Å². The number of aryl methyl sites for hydroxylation is 1. The highest BCUT2D eigenvalue weighted by atomic mass is 35.5. The summed E-state index contributed by atoms with van der Waals surface area (Å²) in [6.07, 6.45) is 5.01. The van der Waals surface area contributed by atoms with Crippen LogP contribution in [0.1, 0.15) is 27.9 Å². The molecule has 0 aliphatic carbocycles. The quantitative estimate of drug-likeness (QED) is 0.670. The number of aromatic amines is 1. The first kappa shape index (κ1) is 18.6. The summed E-state index contributed by atoms with van der Waals surface area (Å²) in [6, 6.07) is 11.9. The normalized spacial score (nSPS) is 14.3. The van der Waals surface area contributed by atoms with E-state index in [9.17, 15) is 4.79 Å². The molecular formula is C23H24ClN3O. The fourth-order valence-corrected chi connectivity index (χ4v) is 4.18. The summed E-state index contributed by atoms with van der Waals surface area (Å²) >= 11 is 6.28. The van der Waals surface area contributed by atoms with Crippen molar-refractivity contribution in [1.29, 1.82) is 0 Å². The molecule has 0 fully saturated rings. The molecule has 0 unspecified atom stereocenters. The molecule has 3 aromatic rings. The van der Waals surface area contributed by atoms with Gasteiger partial charge in [0.2, 0.25) is 0 Å². The van der Waals surface area contributed by atoms with Gasteiger partial charge in [0.05, 0.1) is 10.5 Å². The molecule has 1 aliphatic rings. The second kappa shape index (κ2) is 7.36. The molecule has 0 saturated carbocycles. The Morgan fingerprint density at radius 1 is 1.21 bits per heavy atom. The van der Waals surface area contributed by atoms with E-state index < -0.39 is 0 Å². The minimum absolute atomic E-state index is 0.0886. The summed E-state index contributed by atoms with van der Waals surface area (Å²) in [6.45, 7) is 3.38. The molecule has 2 heterocycles. The number of hydrogen-bond donors (Lipinski definition) is 1. The van der Waals surface area contributed by atoms with Gasteiger partial charge in [-0.05, 0) is 48.7 Å². The Morgan fingerprint density at radius 2 is 2.04 bits per heavy atom. The number of hydrogen-bond acceptors (Lipinski definition) is 2. The maximum atomic E-state index is 12.9. The van der Waals surface area contributed by atoms with Crippen LogP contribution < -0.4 is 4.90 Å². The van der Waals surface area contributed by atoms with E-state index in [0.29, 0.717) is 13.1 Å². The van der Waals surface area contributed by atoms with Crippen LogP contribution >= 0.6 is 11.6 Å². The minimum atomic E-state index is 0.0886. The maximum Gasteiger partial charge on any atom is 0.254 e. The predicted molar refractivity (Wildman–Crippen MR) is 117 cm³/mol. The number of benzene rings is 2. The summed E-state index contributed by atoms with van der Waals surface area (Å²) in [5, 5.41) is 1.86. The van der Waals surface area contributed by atoms with Crippen molar-refractivity contribution in [2.45, 2.75) is 13.3 Å². The summed E-state index contributed by atoms with van der Waals surface area (Å²) in [7, 11) is 4.03. The Morgan fingerprint density at radius 3 is 2.71 bits per heavy atom. The number of H-pyrrole nitrogens is 1. The lowest BCUT2D eigenvalue weighted by molar-refractivity contribution is 0.0773. The molecular weight excluding hydrogens is 370 g/mol. The molecule has 0 bridgehead atoms. The third-order valence-electron chi connectivity index (χ3n) is 5.43. The molecule has 1 aliphatic heterocycles. The Hall–Kier alpha value is -2.72. The number of fused-ring (bicyclic) bond motifs is 1.